The fourth-order valence-corrected chi connectivity index (χ4v) is 2.18. The number of nitrogens with two attached hydrogens (primary N) is 1. The van der Waals surface area contributed by atoms with Crippen molar-refractivity contribution in [3.8, 4) is 0 Å². The zero-order valence-corrected chi connectivity index (χ0v) is 12.2. The van der Waals surface area contributed by atoms with Gasteiger partial charge in [-0.2, -0.15) is 0 Å². The van der Waals surface area contributed by atoms with Crippen molar-refractivity contribution >= 4 is 17.3 Å². The molecular weight excluding hydrogens is 266 g/mol. The largest absolute Gasteiger partial charge is 0.465 e. The molecule has 0 saturated heterocycles. The van der Waals surface area contributed by atoms with Crippen LogP contribution in [0.1, 0.15) is 22.8 Å². The number of hydrogen-bond donors (Lipinski definition) is 1. The average Bonchev–Trinajstić information content (AvgIpc) is 2.53. The van der Waals surface area contributed by atoms with Crippen LogP contribution in [0, 0.1) is 0 Å². The van der Waals surface area contributed by atoms with Crippen LogP contribution >= 0.6 is 0 Å². The third-order valence-electron chi connectivity index (χ3n) is 3.27. The predicted molar refractivity (Wildman–Crippen MR) is 83.2 cm³/mol. The second-order valence-corrected chi connectivity index (χ2v) is 4.64. The van der Waals surface area contributed by atoms with Crippen LogP contribution in [0.3, 0.4) is 0 Å². The molecule has 0 atom stereocenters. The summed E-state index contributed by atoms with van der Waals surface area (Å²) in [5.41, 5.74) is 8.74. The Morgan fingerprint density at radius 1 is 1.29 bits per heavy atom. The van der Waals surface area contributed by atoms with E-state index in [-0.39, 0.29) is 5.97 Å². The van der Waals surface area contributed by atoms with E-state index in [1.165, 1.54) is 7.11 Å². The lowest BCUT2D eigenvalue weighted by molar-refractivity contribution is 0.0601. The van der Waals surface area contributed by atoms with Gasteiger partial charge < -0.3 is 15.4 Å². The number of methoxy groups -OCH3 is 1. The van der Waals surface area contributed by atoms with Crippen LogP contribution in [0.4, 0.5) is 11.4 Å². The number of nitrogen functional groups attached to an aromatic ring is 1. The van der Waals surface area contributed by atoms with Crippen LogP contribution < -0.4 is 10.6 Å². The Labute approximate surface area is 124 Å². The highest BCUT2D eigenvalue weighted by atomic mass is 16.5. The lowest BCUT2D eigenvalue weighted by Crippen LogP contribution is -2.24. The minimum absolute atomic E-state index is 0.384. The first-order chi connectivity index (χ1) is 10.2. The Morgan fingerprint density at radius 3 is 2.62 bits per heavy atom. The molecule has 0 aliphatic carbocycles. The van der Waals surface area contributed by atoms with E-state index in [0.29, 0.717) is 17.8 Å². The molecule has 0 saturated carbocycles. The first-order valence-corrected chi connectivity index (χ1v) is 6.77. The lowest BCUT2D eigenvalue weighted by atomic mass is 10.1. The van der Waals surface area contributed by atoms with E-state index >= 15 is 0 Å². The Kier molecular flexibility index (Phi) is 4.77. The van der Waals surface area contributed by atoms with Crippen molar-refractivity contribution < 1.29 is 9.53 Å². The summed E-state index contributed by atoms with van der Waals surface area (Å²) in [5.74, 6) is -0.384. The summed E-state index contributed by atoms with van der Waals surface area (Å²) < 4.78 is 4.85. The van der Waals surface area contributed by atoms with Crippen LogP contribution in [-0.4, -0.2) is 24.6 Å². The maximum Gasteiger partial charge on any atom is 0.340 e. The molecule has 1 heterocycles. The molecule has 110 valence electrons. The van der Waals surface area contributed by atoms with Crippen molar-refractivity contribution in [2.45, 2.75) is 13.5 Å². The molecule has 0 amide bonds. The van der Waals surface area contributed by atoms with Crippen molar-refractivity contribution in [3.05, 3.63) is 53.9 Å². The molecule has 1 aromatic heterocycles. The number of carbonyl (C=O) groups is 1. The number of carbonyl (C=O) groups excluding carboxylic acids is 1. The summed E-state index contributed by atoms with van der Waals surface area (Å²) in [6.45, 7) is 3.49. The molecule has 0 aliphatic heterocycles. The van der Waals surface area contributed by atoms with E-state index in [1.54, 1.807) is 24.5 Å². The van der Waals surface area contributed by atoms with Gasteiger partial charge in [-0.25, -0.2) is 4.79 Å². The minimum Gasteiger partial charge on any atom is -0.465 e. The van der Waals surface area contributed by atoms with E-state index < -0.39 is 0 Å². The van der Waals surface area contributed by atoms with Gasteiger partial charge in [-0.15, -0.1) is 0 Å². The van der Waals surface area contributed by atoms with Gasteiger partial charge >= 0.3 is 5.97 Å². The van der Waals surface area contributed by atoms with Crippen LogP contribution in [0.15, 0.2) is 42.7 Å². The van der Waals surface area contributed by atoms with Crippen LogP contribution in [0.25, 0.3) is 0 Å². The zero-order chi connectivity index (χ0) is 15.2. The summed E-state index contributed by atoms with van der Waals surface area (Å²) in [6, 6.07) is 9.20. The van der Waals surface area contributed by atoms with Gasteiger partial charge in [-0.1, -0.05) is 0 Å². The Hall–Kier alpha value is -2.56. The highest BCUT2D eigenvalue weighted by Crippen LogP contribution is 2.25. The second-order valence-electron chi connectivity index (χ2n) is 4.64. The fourth-order valence-electron chi connectivity index (χ4n) is 2.18. The number of pyridine rings is 1. The molecule has 0 radical (unpaired) electrons. The highest BCUT2D eigenvalue weighted by Gasteiger charge is 2.17. The number of anilines is 2. The number of nitrogens with zero attached hydrogens (tertiary/aromatic N) is 2. The Balaban J connectivity index is 2.35. The summed E-state index contributed by atoms with van der Waals surface area (Å²) in [6.07, 6.45) is 3.51. The molecule has 0 aliphatic rings. The fraction of sp³-hybridized carbons (Fsp3) is 0.250. The van der Waals surface area contributed by atoms with Gasteiger partial charge in [0.25, 0.3) is 0 Å². The van der Waals surface area contributed by atoms with Crippen LogP contribution in [-0.2, 0) is 11.3 Å². The van der Waals surface area contributed by atoms with Crippen molar-refractivity contribution in [1.29, 1.82) is 0 Å². The monoisotopic (exact) mass is 285 g/mol. The zero-order valence-electron chi connectivity index (χ0n) is 12.2. The molecular formula is C16H19N3O2. The number of hydrogen-bond acceptors (Lipinski definition) is 5. The summed E-state index contributed by atoms with van der Waals surface area (Å²) in [5, 5.41) is 0. The maximum absolute atomic E-state index is 11.9. The predicted octanol–water partition coefficient (Wildman–Crippen LogP) is 2.48. The number of ether oxygens (including phenoxy) is 1. The van der Waals surface area contributed by atoms with E-state index in [9.17, 15) is 4.79 Å². The minimum atomic E-state index is -0.384. The van der Waals surface area contributed by atoms with E-state index in [0.717, 1.165) is 17.8 Å². The summed E-state index contributed by atoms with van der Waals surface area (Å²) >= 11 is 0. The molecule has 0 spiro atoms. The molecule has 2 N–H and O–H groups in total. The molecule has 0 unspecified atom stereocenters. The normalized spacial score (nSPS) is 10.2. The third kappa shape index (κ3) is 3.51. The quantitative estimate of drug-likeness (QED) is 0.675. The molecule has 21 heavy (non-hydrogen) atoms. The van der Waals surface area contributed by atoms with Crippen molar-refractivity contribution in [2.75, 3.05) is 24.3 Å². The van der Waals surface area contributed by atoms with Gasteiger partial charge in [0.2, 0.25) is 0 Å². The lowest BCUT2D eigenvalue weighted by Gasteiger charge is -2.25. The summed E-state index contributed by atoms with van der Waals surface area (Å²) in [7, 11) is 1.37. The molecule has 2 rings (SSSR count). The van der Waals surface area contributed by atoms with Crippen molar-refractivity contribution in [2.24, 2.45) is 0 Å². The molecule has 5 heteroatoms. The maximum atomic E-state index is 11.9. The molecule has 0 bridgehead atoms. The highest BCUT2D eigenvalue weighted by molar-refractivity contribution is 5.96. The Morgan fingerprint density at radius 2 is 2.00 bits per heavy atom. The second kappa shape index (κ2) is 6.74. The van der Waals surface area contributed by atoms with Gasteiger partial charge in [0.1, 0.15) is 0 Å². The number of esters is 1. The van der Waals surface area contributed by atoms with Crippen LogP contribution in [0.2, 0.25) is 0 Å². The van der Waals surface area contributed by atoms with E-state index in [1.807, 2.05) is 25.1 Å². The van der Waals surface area contributed by atoms with E-state index in [2.05, 4.69) is 9.88 Å². The third-order valence-corrected chi connectivity index (χ3v) is 3.27. The SMILES string of the molecule is CCN(Cc1ccncc1)c1ccc(N)cc1C(=O)OC. The number of benzene rings is 1. The smallest absolute Gasteiger partial charge is 0.340 e. The van der Waals surface area contributed by atoms with Gasteiger partial charge in [-0.05, 0) is 42.8 Å². The molecule has 5 nitrogen and oxygen atoms in total. The van der Waals surface area contributed by atoms with Gasteiger partial charge in [-0.3, -0.25) is 4.98 Å². The van der Waals surface area contributed by atoms with Crippen molar-refractivity contribution in [3.63, 3.8) is 0 Å². The Bertz CT molecular complexity index is 614. The van der Waals surface area contributed by atoms with Gasteiger partial charge in [0.15, 0.2) is 0 Å². The number of aromatic nitrogens is 1. The van der Waals surface area contributed by atoms with Crippen molar-refractivity contribution in [1.82, 2.24) is 4.98 Å². The average molecular weight is 285 g/mol. The first kappa shape index (κ1) is 14.8. The summed E-state index contributed by atoms with van der Waals surface area (Å²) in [4.78, 5) is 18.1. The molecule has 0 fully saturated rings. The topological polar surface area (TPSA) is 68.5 Å². The van der Waals surface area contributed by atoms with E-state index in [4.69, 9.17) is 10.5 Å². The first-order valence-electron chi connectivity index (χ1n) is 6.77. The molecule has 2 aromatic rings. The van der Waals surface area contributed by atoms with Gasteiger partial charge in [0.05, 0.1) is 18.4 Å². The standard InChI is InChI=1S/C16H19N3O2/c1-3-19(11-12-6-8-18-9-7-12)15-5-4-13(17)10-14(15)16(20)21-2/h4-10H,3,11,17H2,1-2H3. The molecule has 1 aromatic carbocycles. The number of rotatable bonds is 5. The van der Waals surface area contributed by atoms with Gasteiger partial charge in [0, 0.05) is 31.2 Å². The van der Waals surface area contributed by atoms with Crippen LogP contribution in [0.5, 0.6) is 0 Å².